The van der Waals surface area contributed by atoms with E-state index in [1.165, 1.54) is 4.90 Å². The van der Waals surface area contributed by atoms with Crippen LogP contribution < -0.4 is 19.7 Å². The number of amides is 1. The van der Waals surface area contributed by atoms with E-state index in [-0.39, 0.29) is 11.9 Å². The molecule has 6 heteroatoms. The van der Waals surface area contributed by atoms with Crippen LogP contribution in [0.1, 0.15) is 40.0 Å². The van der Waals surface area contributed by atoms with Crippen LogP contribution in [0.2, 0.25) is 0 Å². The molecule has 1 aliphatic heterocycles. The summed E-state index contributed by atoms with van der Waals surface area (Å²) < 4.78 is 16.8. The number of carbonyl (C=O) groups is 1. The van der Waals surface area contributed by atoms with Crippen LogP contribution in [0.3, 0.4) is 0 Å². The Labute approximate surface area is 179 Å². The summed E-state index contributed by atoms with van der Waals surface area (Å²) in [7, 11) is 1.65. The predicted molar refractivity (Wildman–Crippen MR) is 117 cm³/mol. The molecular weight excluding hydrogens is 380 g/mol. The second-order valence-corrected chi connectivity index (χ2v) is 7.75. The number of methoxy groups -OCH3 is 1. The minimum Gasteiger partial charge on any atom is -0.493 e. The normalized spacial score (nSPS) is 15.5. The molecule has 0 aromatic heterocycles. The molecule has 0 saturated carbocycles. The molecule has 0 unspecified atom stereocenters. The zero-order valence-electron chi connectivity index (χ0n) is 18.4. The van der Waals surface area contributed by atoms with Gasteiger partial charge in [-0.15, -0.1) is 0 Å². The van der Waals surface area contributed by atoms with E-state index in [0.29, 0.717) is 24.5 Å². The Kier molecular flexibility index (Phi) is 7.71. The monoisotopic (exact) mass is 413 g/mol. The summed E-state index contributed by atoms with van der Waals surface area (Å²) in [5.41, 5.74) is 4.00. The fraction of sp³-hybridized carbons (Fsp3) is 0.458. The lowest BCUT2D eigenvalue weighted by Gasteiger charge is -2.32. The first-order valence-electron chi connectivity index (χ1n) is 10.6. The maximum atomic E-state index is 12.8. The third-order valence-corrected chi connectivity index (χ3v) is 5.47. The van der Waals surface area contributed by atoms with E-state index in [1.54, 1.807) is 7.11 Å². The molecule has 1 atom stereocenters. The van der Waals surface area contributed by atoms with E-state index in [4.69, 9.17) is 14.2 Å². The maximum Gasteiger partial charge on any atom is 0.251 e. The zero-order valence-corrected chi connectivity index (χ0v) is 18.4. The van der Waals surface area contributed by atoms with Crippen LogP contribution in [0, 0.1) is 13.8 Å². The number of hydrogen-bond donors (Lipinski definition) is 2. The van der Waals surface area contributed by atoms with Crippen molar-refractivity contribution in [2.75, 3.05) is 46.6 Å². The lowest BCUT2D eigenvalue weighted by Crippen LogP contribution is -3.15. The molecule has 2 aromatic rings. The Balaban J connectivity index is 1.81. The molecule has 0 aliphatic carbocycles. The number of quaternary nitrogens is 1. The number of aryl methyl sites for hydroxylation is 2. The highest BCUT2D eigenvalue weighted by molar-refractivity contribution is 5.94. The van der Waals surface area contributed by atoms with Gasteiger partial charge < -0.3 is 24.4 Å². The van der Waals surface area contributed by atoms with Gasteiger partial charge in [-0.25, -0.2) is 0 Å². The number of rotatable bonds is 8. The first-order valence-corrected chi connectivity index (χ1v) is 10.6. The average Bonchev–Trinajstić information content (AvgIpc) is 2.74. The van der Waals surface area contributed by atoms with Gasteiger partial charge in [0.15, 0.2) is 11.5 Å². The van der Waals surface area contributed by atoms with Crippen molar-refractivity contribution in [3.05, 3.63) is 58.7 Å². The van der Waals surface area contributed by atoms with E-state index in [1.807, 2.05) is 45.0 Å². The number of nitrogens with one attached hydrogen (secondary N) is 2. The molecule has 6 nitrogen and oxygen atoms in total. The molecule has 3 rings (SSSR count). The number of ether oxygens (including phenoxy) is 3. The van der Waals surface area contributed by atoms with Crippen molar-refractivity contribution in [3.63, 3.8) is 0 Å². The fourth-order valence-corrected chi connectivity index (χ4v) is 4.06. The average molecular weight is 414 g/mol. The molecule has 1 aliphatic rings. The minimum absolute atomic E-state index is 0.0441. The number of carbonyl (C=O) groups excluding carboxylic acids is 1. The largest absolute Gasteiger partial charge is 0.493 e. The van der Waals surface area contributed by atoms with Gasteiger partial charge in [0.05, 0.1) is 33.5 Å². The Hall–Kier alpha value is -2.57. The quantitative estimate of drug-likeness (QED) is 0.696. The van der Waals surface area contributed by atoms with Crippen LogP contribution >= 0.6 is 0 Å². The Morgan fingerprint density at radius 1 is 1.10 bits per heavy atom. The van der Waals surface area contributed by atoms with Crippen molar-refractivity contribution in [2.24, 2.45) is 0 Å². The smallest absolute Gasteiger partial charge is 0.251 e. The van der Waals surface area contributed by atoms with E-state index >= 15 is 0 Å². The van der Waals surface area contributed by atoms with Gasteiger partial charge >= 0.3 is 0 Å². The predicted octanol–water partition coefficient (Wildman–Crippen LogP) is 2.10. The van der Waals surface area contributed by atoms with Crippen molar-refractivity contribution in [3.8, 4) is 11.5 Å². The van der Waals surface area contributed by atoms with Crippen LogP contribution in [-0.4, -0.2) is 52.5 Å². The molecule has 1 saturated heterocycles. The lowest BCUT2D eigenvalue weighted by molar-refractivity contribution is -0.937. The number of morpholine rings is 1. The van der Waals surface area contributed by atoms with Crippen molar-refractivity contribution >= 4 is 5.91 Å². The van der Waals surface area contributed by atoms with E-state index in [9.17, 15) is 4.79 Å². The van der Waals surface area contributed by atoms with Gasteiger partial charge in [-0.3, -0.25) is 4.79 Å². The Morgan fingerprint density at radius 2 is 1.80 bits per heavy atom. The highest BCUT2D eigenvalue weighted by Crippen LogP contribution is 2.29. The van der Waals surface area contributed by atoms with Gasteiger partial charge in [0.2, 0.25) is 0 Å². The SMILES string of the molecule is CCOc1ccc([C@H](CNC(=O)c2cc(C)cc(C)c2)[NH+]2CCOCC2)cc1OC. The summed E-state index contributed by atoms with van der Waals surface area (Å²) in [6.45, 7) is 10.4. The van der Waals surface area contributed by atoms with Crippen LogP contribution in [0.5, 0.6) is 11.5 Å². The molecule has 1 fully saturated rings. The van der Waals surface area contributed by atoms with Gasteiger partial charge in [-0.05, 0) is 51.1 Å². The van der Waals surface area contributed by atoms with Gasteiger partial charge in [0, 0.05) is 11.1 Å². The van der Waals surface area contributed by atoms with Crippen molar-refractivity contribution < 1.29 is 23.9 Å². The summed E-state index contributed by atoms with van der Waals surface area (Å²) in [4.78, 5) is 14.2. The van der Waals surface area contributed by atoms with E-state index in [2.05, 4.69) is 17.4 Å². The van der Waals surface area contributed by atoms with Crippen molar-refractivity contribution in [2.45, 2.75) is 26.8 Å². The molecule has 0 spiro atoms. The van der Waals surface area contributed by atoms with Crippen LogP contribution in [0.15, 0.2) is 36.4 Å². The van der Waals surface area contributed by atoms with Crippen LogP contribution in [0.25, 0.3) is 0 Å². The molecule has 0 bridgehead atoms. The summed E-state index contributed by atoms with van der Waals surface area (Å²) >= 11 is 0. The summed E-state index contributed by atoms with van der Waals surface area (Å²) in [5, 5.41) is 3.15. The van der Waals surface area contributed by atoms with Gasteiger partial charge in [0.1, 0.15) is 19.1 Å². The molecule has 0 radical (unpaired) electrons. The Morgan fingerprint density at radius 3 is 2.43 bits per heavy atom. The third kappa shape index (κ3) is 5.52. The minimum atomic E-state index is -0.0441. The second-order valence-electron chi connectivity index (χ2n) is 7.75. The molecule has 1 amide bonds. The van der Waals surface area contributed by atoms with Crippen LogP contribution in [0.4, 0.5) is 0 Å². The second kappa shape index (κ2) is 10.5. The molecule has 2 N–H and O–H groups in total. The summed E-state index contributed by atoms with van der Waals surface area (Å²) in [6.07, 6.45) is 0. The topological polar surface area (TPSA) is 61.2 Å². The summed E-state index contributed by atoms with van der Waals surface area (Å²) in [5.74, 6) is 1.41. The highest BCUT2D eigenvalue weighted by atomic mass is 16.5. The standard InChI is InChI=1S/C24H32N2O4/c1-5-30-22-7-6-19(15-23(22)28-4)21(26-8-10-29-11-9-26)16-25-24(27)20-13-17(2)12-18(3)14-20/h6-7,12-15,21H,5,8-11,16H2,1-4H3,(H,25,27)/p+1/t21-/m0/s1. The maximum absolute atomic E-state index is 12.8. The zero-order chi connectivity index (χ0) is 21.5. The Bertz CT molecular complexity index is 842. The van der Waals surface area contributed by atoms with Gasteiger partial charge in [0.25, 0.3) is 5.91 Å². The van der Waals surface area contributed by atoms with E-state index < -0.39 is 0 Å². The lowest BCUT2D eigenvalue weighted by atomic mass is 10.0. The van der Waals surface area contributed by atoms with Crippen LogP contribution in [-0.2, 0) is 4.74 Å². The van der Waals surface area contributed by atoms with Gasteiger partial charge in [-0.2, -0.15) is 0 Å². The van der Waals surface area contributed by atoms with Gasteiger partial charge in [-0.1, -0.05) is 17.2 Å². The molecule has 30 heavy (non-hydrogen) atoms. The molecule has 162 valence electrons. The first-order chi connectivity index (χ1) is 14.5. The van der Waals surface area contributed by atoms with Crippen molar-refractivity contribution in [1.29, 1.82) is 0 Å². The fourth-order valence-electron chi connectivity index (χ4n) is 4.06. The first kappa shape index (κ1) is 22.1. The molecule has 1 heterocycles. The summed E-state index contributed by atoms with van der Waals surface area (Å²) in [6, 6.07) is 12.1. The highest BCUT2D eigenvalue weighted by Gasteiger charge is 2.28. The molecule has 2 aromatic carbocycles. The van der Waals surface area contributed by atoms with E-state index in [0.717, 1.165) is 48.7 Å². The van der Waals surface area contributed by atoms with Crippen molar-refractivity contribution in [1.82, 2.24) is 5.32 Å². The number of benzene rings is 2. The molecular formula is C24H33N2O4+. The third-order valence-electron chi connectivity index (χ3n) is 5.47. The number of hydrogen-bond acceptors (Lipinski definition) is 4.